The molecule has 2 aromatic heterocycles. The molecule has 9 heteroatoms. The standard InChI is InChI=1S/C26H27BCl2N4O2/c1-5-26(3,4)35-27(34-6-2)19-11-7-9-17(22(19)28)18-10-8-12-20(23(18)29)33-25-24-21(13-14-32-25)30-15-16-31-24/h7-16H,5-6H2,1-4H3,(H,32,33). The van der Waals surface area contributed by atoms with Gasteiger partial charge in [-0.3, -0.25) is 4.98 Å². The zero-order valence-corrected chi connectivity index (χ0v) is 21.7. The predicted octanol–water partition coefficient (Wildman–Crippen LogP) is 6.68. The van der Waals surface area contributed by atoms with Crippen LogP contribution in [0.5, 0.6) is 0 Å². The van der Waals surface area contributed by atoms with E-state index in [0.29, 0.717) is 33.7 Å². The Kier molecular flexibility index (Phi) is 7.92. The molecule has 0 amide bonds. The Balaban J connectivity index is 1.73. The normalized spacial score (nSPS) is 11.6. The third-order valence-corrected chi connectivity index (χ3v) is 6.64. The summed E-state index contributed by atoms with van der Waals surface area (Å²) in [6, 6.07) is 13.3. The predicted molar refractivity (Wildman–Crippen MR) is 145 cm³/mol. The lowest BCUT2D eigenvalue weighted by Crippen LogP contribution is -2.44. The zero-order chi connectivity index (χ0) is 25.0. The topological polar surface area (TPSA) is 69.2 Å². The molecule has 0 atom stereocenters. The second-order valence-electron chi connectivity index (χ2n) is 8.60. The van der Waals surface area contributed by atoms with Crippen molar-refractivity contribution in [2.24, 2.45) is 0 Å². The van der Waals surface area contributed by atoms with Gasteiger partial charge in [-0.15, -0.1) is 0 Å². The third kappa shape index (κ3) is 5.59. The summed E-state index contributed by atoms with van der Waals surface area (Å²) >= 11 is 13.8. The number of fused-ring (bicyclic) bond motifs is 1. The number of hydrogen-bond acceptors (Lipinski definition) is 6. The molecular formula is C26H27BCl2N4O2. The van der Waals surface area contributed by atoms with E-state index in [1.165, 1.54) is 0 Å². The van der Waals surface area contributed by atoms with Crippen LogP contribution in [0.25, 0.3) is 22.2 Å². The van der Waals surface area contributed by atoms with Gasteiger partial charge < -0.3 is 14.6 Å². The van der Waals surface area contributed by atoms with Gasteiger partial charge in [-0.05, 0) is 39.3 Å². The first-order valence-electron chi connectivity index (χ1n) is 11.5. The summed E-state index contributed by atoms with van der Waals surface area (Å²) in [4.78, 5) is 13.2. The van der Waals surface area contributed by atoms with Crippen LogP contribution < -0.4 is 10.8 Å². The lowest BCUT2D eigenvalue weighted by Gasteiger charge is -2.28. The van der Waals surface area contributed by atoms with Gasteiger partial charge >= 0.3 is 7.12 Å². The quantitative estimate of drug-likeness (QED) is 0.254. The van der Waals surface area contributed by atoms with Gasteiger partial charge in [-0.25, -0.2) is 9.97 Å². The Labute approximate surface area is 216 Å². The molecule has 1 N–H and O–H groups in total. The van der Waals surface area contributed by atoms with Gasteiger partial charge in [-0.1, -0.05) is 60.5 Å². The van der Waals surface area contributed by atoms with Crippen molar-refractivity contribution in [3.8, 4) is 11.1 Å². The van der Waals surface area contributed by atoms with Gasteiger partial charge in [0.25, 0.3) is 0 Å². The smallest absolute Gasteiger partial charge is 0.408 e. The Morgan fingerprint density at radius 2 is 1.60 bits per heavy atom. The fraction of sp³-hybridized carbons (Fsp3) is 0.269. The zero-order valence-electron chi connectivity index (χ0n) is 20.2. The van der Waals surface area contributed by atoms with E-state index in [-0.39, 0.29) is 5.60 Å². The molecule has 0 aliphatic carbocycles. The van der Waals surface area contributed by atoms with Crippen molar-refractivity contribution in [1.29, 1.82) is 0 Å². The van der Waals surface area contributed by atoms with Crippen molar-refractivity contribution in [3.05, 3.63) is 71.1 Å². The Morgan fingerprint density at radius 1 is 0.886 bits per heavy atom. The number of hydrogen-bond donors (Lipinski definition) is 1. The highest BCUT2D eigenvalue weighted by molar-refractivity contribution is 6.65. The average molecular weight is 509 g/mol. The number of benzene rings is 2. The number of pyridine rings is 1. The van der Waals surface area contributed by atoms with Crippen molar-refractivity contribution in [2.75, 3.05) is 11.9 Å². The van der Waals surface area contributed by atoms with Crippen LogP contribution in [0.3, 0.4) is 0 Å². The number of halogens is 2. The minimum Gasteiger partial charge on any atom is -0.408 e. The monoisotopic (exact) mass is 508 g/mol. The van der Waals surface area contributed by atoms with Crippen LogP contribution in [0, 0.1) is 0 Å². The van der Waals surface area contributed by atoms with E-state index in [1.807, 2.05) is 63.2 Å². The fourth-order valence-electron chi connectivity index (χ4n) is 3.60. The molecule has 0 radical (unpaired) electrons. The molecule has 0 spiro atoms. The van der Waals surface area contributed by atoms with Crippen molar-refractivity contribution in [2.45, 2.75) is 39.7 Å². The second-order valence-corrected chi connectivity index (χ2v) is 9.36. The van der Waals surface area contributed by atoms with E-state index < -0.39 is 7.12 Å². The van der Waals surface area contributed by atoms with E-state index in [1.54, 1.807) is 18.6 Å². The van der Waals surface area contributed by atoms with Crippen LogP contribution in [-0.4, -0.2) is 34.3 Å². The third-order valence-electron chi connectivity index (χ3n) is 5.81. The van der Waals surface area contributed by atoms with E-state index in [2.05, 4.69) is 27.2 Å². The van der Waals surface area contributed by atoms with Crippen molar-refractivity contribution in [1.82, 2.24) is 15.0 Å². The van der Waals surface area contributed by atoms with Crippen LogP contribution in [0.15, 0.2) is 61.1 Å². The average Bonchev–Trinajstić information content (AvgIpc) is 2.85. The van der Waals surface area contributed by atoms with E-state index in [0.717, 1.165) is 28.5 Å². The van der Waals surface area contributed by atoms with Crippen LogP contribution >= 0.6 is 23.2 Å². The molecule has 180 valence electrons. The molecule has 4 aromatic rings. The summed E-state index contributed by atoms with van der Waals surface area (Å²) in [5.41, 5.74) is 4.03. The number of rotatable bonds is 9. The Hall–Kier alpha value is -2.71. The number of aromatic nitrogens is 3. The van der Waals surface area contributed by atoms with Gasteiger partial charge in [0.05, 0.1) is 16.2 Å². The first kappa shape index (κ1) is 25.4. The van der Waals surface area contributed by atoms with E-state index >= 15 is 0 Å². The highest BCUT2D eigenvalue weighted by Gasteiger charge is 2.31. The summed E-state index contributed by atoms with van der Waals surface area (Å²) in [6.45, 7) is 8.58. The van der Waals surface area contributed by atoms with Crippen molar-refractivity contribution >= 4 is 58.3 Å². The van der Waals surface area contributed by atoms with Gasteiger partial charge in [0, 0.05) is 52.4 Å². The number of anilines is 2. The minimum absolute atomic E-state index is 0.366. The fourth-order valence-corrected chi connectivity index (χ4v) is 4.20. The summed E-state index contributed by atoms with van der Waals surface area (Å²) in [7, 11) is -0.596. The summed E-state index contributed by atoms with van der Waals surface area (Å²) in [5.74, 6) is 0.570. The van der Waals surface area contributed by atoms with Crippen LogP contribution in [-0.2, 0) is 9.31 Å². The molecule has 0 unspecified atom stereocenters. The lowest BCUT2D eigenvalue weighted by molar-refractivity contribution is 0.0706. The van der Waals surface area contributed by atoms with E-state index in [9.17, 15) is 0 Å². The summed E-state index contributed by atoms with van der Waals surface area (Å²) < 4.78 is 12.2. The molecule has 0 saturated heterocycles. The first-order valence-corrected chi connectivity index (χ1v) is 12.3. The molecule has 0 bridgehead atoms. The molecule has 0 aliphatic heterocycles. The van der Waals surface area contributed by atoms with Crippen LogP contribution in [0.4, 0.5) is 11.5 Å². The van der Waals surface area contributed by atoms with Gasteiger partial charge in [0.1, 0.15) is 5.52 Å². The summed E-state index contributed by atoms with van der Waals surface area (Å²) in [5, 5.41) is 4.35. The number of nitrogens with zero attached hydrogens (tertiary/aromatic N) is 3. The highest BCUT2D eigenvalue weighted by atomic mass is 35.5. The molecule has 0 saturated carbocycles. The van der Waals surface area contributed by atoms with Gasteiger partial charge in [-0.2, -0.15) is 0 Å². The van der Waals surface area contributed by atoms with Crippen molar-refractivity contribution < 1.29 is 9.31 Å². The molecule has 6 nitrogen and oxygen atoms in total. The lowest BCUT2D eigenvalue weighted by atomic mass is 9.76. The van der Waals surface area contributed by atoms with Gasteiger partial charge in [0.15, 0.2) is 5.82 Å². The SMILES string of the molecule is CCOB(OC(C)(C)CC)c1cccc(-c2cccc(Nc3nccc4nccnc34)c2Cl)c1Cl. The maximum Gasteiger partial charge on any atom is 0.495 e. The van der Waals surface area contributed by atoms with Crippen molar-refractivity contribution in [3.63, 3.8) is 0 Å². The Bertz CT molecular complexity index is 1330. The highest BCUT2D eigenvalue weighted by Crippen LogP contribution is 2.38. The molecule has 4 rings (SSSR count). The minimum atomic E-state index is -0.596. The van der Waals surface area contributed by atoms with Crippen LogP contribution in [0.1, 0.15) is 34.1 Å². The second kappa shape index (κ2) is 10.9. The molecule has 0 aliphatic rings. The largest absolute Gasteiger partial charge is 0.495 e. The van der Waals surface area contributed by atoms with Gasteiger partial charge in [0.2, 0.25) is 0 Å². The van der Waals surface area contributed by atoms with E-state index in [4.69, 9.17) is 32.5 Å². The van der Waals surface area contributed by atoms with Crippen LogP contribution in [0.2, 0.25) is 10.0 Å². The molecule has 2 aromatic carbocycles. The first-order chi connectivity index (χ1) is 16.8. The molecule has 0 fully saturated rings. The number of nitrogens with one attached hydrogen (secondary N) is 1. The Morgan fingerprint density at radius 3 is 2.34 bits per heavy atom. The molecule has 35 heavy (non-hydrogen) atoms. The molecular weight excluding hydrogens is 482 g/mol. The molecule has 2 heterocycles. The maximum absolute atomic E-state index is 6.94. The summed E-state index contributed by atoms with van der Waals surface area (Å²) in [6.07, 6.45) is 5.80. The maximum atomic E-state index is 6.94.